The van der Waals surface area contributed by atoms with Gasteiger partial charge in [0, 0.05) is 30.1 Å². The predicted octanol–water partition coefficient (Wildman–Crippen LogP) is 4.46. The molecule has 2 heterocycles. The Morgan fingerprint density at radius 1 is 1.19 bits per heavy atom. The van der Waals surface area contributed by atoms with Gasteiger partial charge in [-0.3, -0.25) is 9.59 Å². The van der Waals surface area contributed by atoms with Gasteiger partial charge in [0.25, 0.3) is 0 Å². The first kappa shape index (κ1) is 28.6. The third kappa shape index (κ3) is 6.85. The summed E-state index contributed by atoms with van der Waals surface area (Å²) in [6.07, 6.45) is 2.56. The Kier molecular flexibility index (Phi) is 8.02. The van der Waals surface area contributed by atoms with Gasteiger partial charge < -0.3 is 30.1 Å². The Morgan fingerprint density at radius 2 is 1.86 bits per heavy atom. The number of amides is 3. The molecule has 1 aliphatic rings. The highest BCUT2D eigenvalue weighted by Gasteiger charge is 2.39. The van der Waals surface area contributed by atoms with Crippen LogP contribution in [-0.2, 0) is 20.7 Å². The summed E-state index contributed by atoms with van der Waals surface area (Å²) in [5.74, 6) is -0.118. The van der Waals surface area contributed by atoms with E-state index < -0.39 is 38.0 Å². The lowest BCUT2D eigenvalue weighted by Crippen LogP contribution is -2.54. The number of rotatable bonds is 7. The fraction of sp³-hybridized carbons (Fsp3) is 0.593. The van der Waals surface area contributed by atoms with Crippen molar-refractivity contribution in [1.29, 1.82) is 0 Å². The fourth-order valence-electron chi connectivity index (χ4n) is 4.23. The smallest absolute Gasteiger partial charge is 0.408 e. The number of fused-ring (bicyclic) bond motifs is 1. The Hall–Kier alpha value is -3.01. The first-order chi connectivity index (χ1) is 17.0. The number of ether oxygens (including phenoxy) is 1. The number of H-pyrrole nitrogens is 1. The molecule has 2 atom stereocenters. The van der Waals surface area contributed by atoms with Crippen LogP contribution in [0.15, 0.2) is 24.4 Å². The van der Waals surface area contributed by atoms with Gasteiger partial charge >= 0.3 is 6.09 Å². The molecule has 0 bridgehead atoms. The van der Waals surface area contributed by atoms with Crippen LogP contribution in [0.25, 0.3) is 10.9 Å². The van der Waals surface area contributed by atoms with Crippen LogP contribution in [-0.4, -0.2) is 60.3 Å². The van der Waals surface area contributed by atoms with Crippen LogP contribution in [0.4, 0.5) is 4.79 Å². The van der Waals surface area contributed by atoms with E-state index in [0.717, 1.165) is 22.2 Å². The maximum atomic E-state index is 13.6. The molecular weight excluding hydrogens is 488 g/mol. The van der Waals surface area contributed by atoms with Crippen molar-refractivity contribution < 1.29 is 23.5 Å². The van der Waals surface area contributed by atoms with Gasteiger partial charge in [-0.05, 0) is 75.5 Å². The largest absolute Gasteiger partial charge is 0.543 e. The molecule has 204 valence electrons. The fourth-order valence-corrected chi connectivity index (χ4v) is 5.26. The first-order valence-corrected chi connectivity index (χ1v) is 15.8. The van der Waals surface area contributed by atoms with E-state index in [2.05, 4.69) is 44.2 Å². The van der Waals surface area contributed by atoms with Crippen molar-refractivity contribution in [2.45, 2.75) is 96.6 Å². The van der Waals surface area contributed by atoms with Crippen molar-refractivity contribution in [3.05, 3.63) is 30.0 Å². The molecule has 1 aromatic carbocycles. The minimum Gasteiger partial charge on any atom is -0.543 e. The molecule has 37 heavy (non-hydrogen) atoms. The number of nitrogens with one attached hydrogen (secondary N) is 2. The highest BCUT2D eigenvalue weighted by molar-refractivity contribution is 6.74. The second-order valence-corrected chi connectivity index (χ2v) is 17.1. The second-order valence-electron chi connectivity index (χ2n) is 12.4. The van der Waals surface area contributed by atoms with Crippen LogP contribution in [0.5, 0.6) is 5.75 Å². The van der Waals surface area contributed by atoms with E-state index in [9.17, 15) is 14.4 Å². The number of hydrogen-bond acceptors (Lipinski definition) is 5. The molecule has 0 spiro atoms. The maximum absolute atomic E-state index is 13.6. The average molecular weight is 531 g/mol. The van der Waals surface area contributed by atoms with E-state index in [4.69, 9.17) is 14.9 Å². The zero-order valence-corrected chi connectivity index (χ0v) is 24.4. The third-order valence-electron chi connectivity index (χ3n) is 7.20. The Labute approximate surface area is 220 Å². The van der Waals surface area contributed by atoms with Crippen LogP contribution in [0, 0.1) is 0 Å². The van der Waals surface area contributed by atoms with Crippen LogP contribution in [0.2, 0.25) is 18.1 Å². The summed E-state index contributed by atoms with van der Waals surface area (Å²) in [7, 11) is -2.05. The van der Waals surface area contributed by atoms with Crippen molar-refractivity contribution >= 4 is 37.1 Å². The maximum Gasteiger partial charge on any atom is 0.408 e. The van der Waals surface area contributed by atoms with Crippen molar-refractivity contribution in [3.63, 3.8) is 0 Å². The molecule has 1 aromatic heterocycles. The standard InChI is InChI=1S/C27H42N4O5Si/c1-26(2,3)35-25(34)30-21(24(33)31-13-9-10-22(31)23(28)32)14-17-16-29-20-12-11-18(15-19(17)20)36-37(7,8)27(4,5)6/h11-12,15-16,21-22,29H,9-10,13-14H2,1-8H3,(H2,28,32)(H,30,34). The van der Waals surface area contributed by atoms with E-state index in [1.807, 2.05) is 24.4 Å². The number of alkyl carbamates (subject to hydrolysis) is 1. The molecule has 1 fully saturated rings. The second kappa shape index (κ2) is 10.4. The normalized spacial score (nSPS) is 17.5. The lowest BCUT2D eigenvalue weighted by atomic mass is 10.0. The number of primary amides is 1. The molecule has 10 heteroatoms. The number of aromatic nitrogens is 1. The summed E-state index contributed by atoms with van der Waals surface area (Å²) in [5, 5.41) is 3.70. The number of nitrogens with zero attached hydrogens (tertiary/aromatic N) is 1. The average Bonchev–Trinajstić information content (AvgIpc) is 3.38. The molecule has 9 nitrogen and oxygen atoms in total. The quantitative estimate of drug-likeness (QED) is 0.456. The van der Waals surface area contributed by atoms with Gasteiger partial charge in [0.1, 0.15) is 23.4 Å². The molecule has 2 unspecified atom stereocenters. The van der Waals surface area contributed by atoms with E-state index in [-0.39, 0.29) is 17.4 Å². The summed E-state index contributed by atoms with van der Waals surface area (Å²) in [6.45, 7) is 16.7. The molecular formula is C27H42N4O5Si. The summed E-state index contributed by atoms with van der Waals surface area (Å²) in [4.78, 5) is 43.0. The van der Waals surface area contributed by atoms with Crippen molar-refractivity contribution in [3.8, 4) is 5.75 Å². The molecule has 2 aromatic rings. The van der Waals surface area contributed by atoms with Gasteiger partial charge in [-0.25, -0.2) is 4.79 Å². The zero-order valence-electron chi connectivity index (χ0n) is 23.4. The van der Waals surface area contributed by atoms with E-state index in [1.165, 1.54) is 4.90 Å². The van der Waals surface area contributed by atoms with Gasteiger partial charge in [-0.1, -0.05) is 20.8 Å². The molecule has 0 saturated carbocycles. The van der Waals surface area contributed by atoms with E-state index in [1.54, 1.807) is 20.8 Å². The minimum absolute atomic E-state index is 0.0461. The van der Waals surface area contributed by atoms with Gasteiger partial charge in [-0.2, -0.15) is 0 Å². The third-order valence-corrected chi connectivity index (χ3v) is 11.6. The van der Waals surface area contributed by atoms with Crippen molar-refractivity contribution in [1.82, 2.24) is 15.2 Å². The van der Waals surface area contributed by atoms with Crippen LogP contribution >= 0.6 is 0 Å². The summed E-state index contributed by atoms with van der Waals surface area (Å²) in [6, 6.07) is 4.29. The van der Waals surface area contributed by atoms with Crippen LogP contribution < -0.4 is 15.5 Å². The summed E-state index contributed by atoms with van der Waals surface area (Å²) in [5.41, 5.74) is 6.58. The van der Waals surface area contributed by atoms with Crippen LogP contribution in [0.1, 0.15) is 59.9 Å². The Morgan fingerprint density at radius 3 is 2.46 bits per heavy atom. The number of likely N-dealkylation sites (tertiary alicyclic amines) is 1. The van der Waals surface area contributed by atoms with Gasteiger partial charge in [0.15, 0.2) is 0 Å². The van der Waals surface area contributed by atoms with Crippen molar-refractivity contribution in [2.75, 3.05) is 6.54 Å². The van der Waals surface area contributed by atoms with E-state index >= 15 is 0 Å². The van der Waals surface area contributed by atoms with Gasteiger partial charge in [0.2, 0.25) is 20.1 Å². The highest BCUT2D eigenvalue weighted by atomic mass is 28.4. The molecule has 1 saturated heterocycles. The molecule has 0 radical (unpaired) electrons. The number of nitrogens with two attached hydrogens (primary N) is 1. The van der Waals surface area contributed by atoms with Gasteiger partial charge in [0.05, 0.1) is 0 Å². The lowest BCUT2D eigenvalue weighted by molar-refractivity contribution is -0.139. The number of benzene rings is 1. The minimum atomic E-state index is -2.05. The highest BCUT2D eigenvalue weighted by Crippen LogP contribution is 2.38. The summed E-state index contributed by atoms with van der Waals surface area (Å²) >= 11 is 0. The topological polar surface area (TPSA) is 127 Å². The SMILES string of the molecule is CC(C)(C)OC(=O)NC(Cc1c[nH]c2ccc(O[Si](C)(C)C(C)(C)C)cc12)C(=O)N1CCCC1C(N)=O. The molecule has 4 N–H and O–H groups in total. The van der Waals surface area contributed by atoms with Crippen molar-refractivity contribution in [2.24, 2.45) is 5.73 Å². The molecule has 3 rings (SSSR count). The number of carbonyl (C=O) groups excluding carboxylic acids is 3. The molecule has 0 aliphatic carbocycles. The Bertz CT molecular complexity index is 1160. The molecule has 3 amide bonds. The van der Waals surface area contributed by atoms with E-state index in [0.29, 0.717) is 19.4 Å². The first-order valence-electron chi connectivity index (χ1n) is 12.9. The summed E-state index contributed by atoms with van der Waals surface area (Å²) < 4.78 is 11.9. The predicted molar refractivity (Wildman–Crippen MR) is 147 cm³/mol. The monoisotopic (exact) mass is 530 g/mol. The zero-order chi connectivity index (χ0) is 27.8. The number of hydrogen-bond donors (Lipinski definition) is 3. The van der Waals surface area contributed by atoms with Gasteiger partial charge in [-0.15, -0.1) is 0 Å². The molecule has 1 aliphatic heterocycles. The number of carbonyl (C=O) groups is 3. The Balaban J connectivity index is 1.92. The number of aromatic amines is 1. The van der Waals surface area contributed by atoms with Crippen LogP contribution in [0.3, 0.4) is 0 Å². The lowest BCUT2D eigenvalue weighted by Gasteiger charge is -2.36.